The number of anilines is 1. The van der Waals surface area contributed by atoms with Crippen molar-refractivity contribution in [3.05, 3.63) is 90.3 Å². The van der Waals surface area contributed by atoms with Crippen molar-refractivity contribution in [2.24, 2.45) is 0 Å². The summed E-state index contributed by atoms with van der Waals surface area (Å²) < 4.78 is 29.6. The highest BCUT2D eigenvalue weighted by Crippen LogP contribution is 2.28. The first kappa shape index (κ1) is 16.0. The quantitative estimate of drug-likeness (QED) is 0.591. The molecule has 1 N–H and O–H groups in total. The van der Waals surface area contributed by atoms with Gasteiger partial charge in [0, 0.05) is 18.0 Å². The maximum Gasteiger partial charge on any atom is 0.261 e. The average Bonchev–Trinajstić information content (AvgIpc) is 3.06. The van der Waals surface area contributed by atoms with Crippen LogP contribution in [0.5, 0.6) is 0 Å². The molecule has 0 saturated heterocycles. The number of rotatable bonds is 3. The summed E-state index contributed by atoms with van der Waals surface area (Å²) in [7, 11) is 0. The summed E-state index contributed by atoms with van der Waals surface area (Å²) in [5.41, 5.74) is 1.85. The second-order valence-electron chi connectivity index (χ2n) is 5.69. The molecule has 128 valence electrons. The average molecular weight is 349 g/mol. The highest BCUT2D eigenvalue weighted by Gasteiger charge is 2.19. The molecule has 0 saturated carbocycles. The lowest BCUT2D eigenvalue weighted by Crippen LogP contribution is -2.16. The predicted octanol–water partition coefficient (Wildman–Crippen LogP) is 4.53. The number of pyridine rings is 1. The molecule has 4 aromatic rings. The van der Waals surface area contributed by atoms with Gasteiger partial charge in [-0.05, 0) is 30.3 Å². The van der Waals surface area contributed by atoms with Gasteiger partial charge in [0.2, 0.25) is 0 Å². The minimum Gasteiger partial charge on any atom is -0.321 e. The number of carbonyl (C=O) groups is 1. The SMILES string of the molecule is O=C(Nc1ccccc1-c1cn2ccccc2n1)c1c(F)cccc1F. The zero-order chi connectivity index (χ0) is 18.1. The number of fused-ring (bicyclic) bond motifs is 1. The standard InChI is InChI=1S/C20H13F2N3O/c21-14-7-5-8-15(22)19(14)20(26)24-16-9-2-1-6-13(16)17-12-25-11-4-3-10-18(25)23-17/h1-12H,(H,24,26). The van der Waals surface area contributed by atoms with Crippen molar-refractivity contribution in [3.63, 3.8) is 0 Å². The van der Waals surface area contributed by atoms with Crippen LogP contribution in [0.15, 0.2) is 73.1 Å². The first-order valence-electron chi connectivity index (χ1n) is 7.92. The molecule has 0 fully saturated rings. The van der Waals surface area contributed by atoms with Gasteiger partial charge in [-0.15, -0.1) is 0 Å². The number of aromatic nitrogens is 2. The Hall–Kier alpha value is -3.54. The molecule has 0 aliphatic heterocycles. The largest absolute Gasteiger partial charge is 0.321 e. The molecule has 0 atom stereocenters. The van der Waals surface area contributed by atoms with Gasteiger partial charge in [0.05, 0.1) is 11.4 Å². The van der Waals surface area contributed by atoms with Crippen molar-refractivity contribution >= 4 is 17.2 Å². The van der Waals surface area contributed by atoms with Gasteiger partial charge < -0.3 is 9.72 Å². The zero-order valence-corrected chi connectivity index (χ0v) is 13.5. The number of nitrogens with zero attached hydrogens (tertiary/aromatic N) is 2. The summed E-state index contributed by atoms with van der Waals surface area (Å²) in [6, 6.07) is 15.9. The zero-order valence-electron chi connectivity index (χ0n) is 13.5. The smallest absolute Gasteiger partial charge is 0.261 e. The Labute approximate surface area is 147 Å². The first-order chi connectivity index (χ1) is 12.6. The highest BCUT2D eigenvalue weighted by molar-refractivity contribution is 6.06. The molecule has 6 heteroatoms. The number of imidazole rings is 1. The number of halogens is 2. The van der Waals surface area contributed by atoms with Crippen molar-refractivity contribution in [1.29, 1.82) is 0 Å². The first-order valence-corrected chi connectivity index (χ1v) is 7.92. The molecule has 2 heterocycles. The molecule has 0 aliphatic carbocycles. The minimum atomic E-state index is -0.910. The van der Waals surface area contributed by atoms with E-state index in [1.165, 1.54) is 6.07 Å². The van der Waals surface area contributed by atoms with Crippen LogP contribution in [0.3, 0.4) is 0 Å². The van der Waals surface area contributed by atoms with Crippen LogP contribution in [0.4, 0.5) is 14.5 Å². The number of hydrogen-bond donors (Lipinski definition) is 1. The van der Waals surface area contributed by atoms with E-state index in [2.05, 4.69) is 10.3 Å². The fourth-order valence-corrected chi connectivity index (χ4v) is 2.78. The molecule has 0 unspecified atom stereocenters. The van der Waals surface area contributed by atoms with Crippen molar-refractivity contribution in [3.8, 4) is 11.3 Å². The van der Waals surface area contributed by atoms with E-state index in [0.717, 1.165) is 17.8 Å². The number of para-hydroxylation sites is 1. The van der Waals surface area contributed by atoms with Crippen molar-refractivity contribution in [1.82, 2.24) is 9.38 Å². The van der Waals surface area contributed by atoms with Crippen LogP contribution in [0.25, 0.3) is 16.9 Å². The van der Waals surface area contributed by atoms with E-state index >= 15 is 0 Å². The number of carbonyl (C=O) groups excluding carboxylic acids is 1. The van der Waals surface area contributed by atoms with Crippen LogP contribution in [0, 0.1) is 11.6 Å². The Morgan fingerprint density at radius 2 is 1.65 bits per heavy atom. The van der Waals surface area contributed by atoms with Gasteiger partial charge in [0.15, 0.2) is 0 Å². The van der Waals surface area contributed by atoms with E-state index in [9.17, 15) is 13.6 Å². The maximum atomic E-state index is 13.9. The number of benzene rings is 2. The van der Waals surface area contributed by atoms with Crippen LogP contribution < -0.4 is 5.32 Å². The Kier molecular flexibility index (Phi) is 3.93. The Morgan fingerprint density at radius 1 is 0.923 bits per heavy atom. The molecule has 0 spiro atoms. The van der Waals surface area contributed by atoms with E-state index in [1.807, 2.05) is 35.0 Å². The second-order valence-corrected chi connectivity index (χ2v) is 5.69. The van der Waals surface area contributed by atoms with E-state index < -0.39 is 23.1 Å². The molecule has 26 heavy (non-hydrogen) atoms. The van der Waals surface area contributed by atoms with Gasteiger partial charge in [-0.25, -0.2) is 13.8 Å². The summed E-state index contributed by atoms with van der Waals surface area (Å²) in [5.74, 6) is -2.67. The van der Waals surface area contributed by atoms with Crippen molar-refractivity contribution in [2.45, 2.75) is 0 Å². The lowest BCUT2D eigenvalue weighted by Gasteiger charge is -2.10. The van der Waals surface area contributed by atoms with Crippen molar-refractivity contribution in [2.75, 3.05) is 5.32 Å². The fourth-order valence-electron chi connectivity index (χ4n) is 2.78. The molecule has 4 rings (SSSR count). The van der Waals surface area contributed by atoms with Crippen LogP contribution >= 0.6 is 0 Å². The molecule has 0 radical (unpaired) electrons. The highest BCUT2D eigenvalue weighted by atomic mass is 19.1. The van der Waals surface area contributed by atoms with Gasteiger partial charge in [0.1, 0.15) is 22.8 Å². The predicted molar refractivity (Wildman–Crippen MR) is 94.9 cm³/mol. The minimum absolute atomic E-state index is 0.420. The van der Waals surface area contributed by atoms with E-state index in [0.29, 0.717) is 16.9 Å². The van der Waals surface area contributed by atoms with E-state index in [1.54, 1.807) is 24.3 Å². The molecule has 4 nitrogen and oxygen atoms in total. The van der Waals surface area contributed by atoms with Gasteiger partial charge in [-0.3, -0.25) is 4.79 Å². The summed E-state index contributed by atoms with van der Waals surface area (Å²) in [6.07, 6.45) is 3.69. The monoisotopic (exact) mass is 349 g/mol. The molecule has 2 aromatic carbocycles. The normalized spacial score (nSPS) is 10.8. The summed E-state index contributed by atoms with van der Waals surface area (Å²) in [6.45, 7) is 0. The van der Waals surface area contributed by atoms with Gasteiger partial charge in [0.25, 0.3) is 5.91 Å². The maximum absolute atomic E-state index is 13.9. The Balaban J connectivity index is 1.73. The van der Waals surface area contributed by atoms with Crippen molar-refractivity contribution < 1.29 is 13.6 Å². The molecule has 2 aromatic heterocycles. The molecule has 0 bridgehead atoms. The van der Waals surface area contributed by atoms with Crippen LogP contribution in [0.1, 0.15) is 10.4 Å². The molecule has 0 aliphatic rings. The van der Waals surface area contributed by atoms with Gasteiger partial charge in [-0.2, -0.15) is 0 Å². The van der Waals surface area contributed by atoms with Gasteiger partial charge in [-0.1, -0.05) is 30.3 Å². The van der Waals surface area contributed by atoms with E-state index in [4.69, 9.17) is 0 Å². The summed E-state index contributed by atoms with van der Waals surface area (Å²) in [4.78, 5) is 16.9. The fraction of sp³-hybridized carbons (Fsp3) is 0. The number of amides is 1. The third kappa shape index (κ3) is 2.82. The van der Waals surface area contributed by atoms with Crippen LogP contribution in [0.2, 0.25) is 0 Å². The van der Waals surface area contributed by atoms with Gasteiger partial charge >= 0.3 is 0 Å². The Bertz CT molecular complexity index is 1070. The molecule has 1 amide bonds. The number of nitrogens with one attached hydrogen (secondary N) is 1. The molecular formula is C20H13F2N3O. The van der Waals surface area contributed by atoms with Crippen LogP contribution in [-0.4, -0.2) is 15.3 Å². The lowest BCUT2D eigenvalue weighted by atomic mass is 10.1. The lowest BCUT2D eigenvalue weighted by molar-refractivity contribution is 0.101. The number of hydrogen-bond acceptors (Lipinski definition) is 2. The Morgan fingerprint density at radius 3 is 2.42 bits per heavy atom. The molecular weight excluding hydrogens is 336 g/mol. The van der Waals surface area contributed by atoms with Crippen LogP contribution in [-0.2, 0) is 0 Å². The summed E-state index contributed by atoms with van der Waals surface area (Å²) in [5, 5.41) is 2.58. The van der Waals surface area contributed by atoms with E-state index in [-0.39, 0.29) is 0 Å². The third-order valence-corrected chi connectivity index (χ3v) is 4.01. The second kappa shape index (κ2) is 6.40. The third-order valence-electron chi connectivity index (χ3n) is 4.01. The summed E-state index contributed by atoms with van der Waals surface area (Å²) >= 11 is 0. The topological polar surface area (TPSA) is 46.4 Å².